The maximum Gasteiger partial charge on any atom is 0.479 e. The molecule has 1 fully saturated rings. The van der Waals surface area contributed by atoms with Crippen molar-refractivity contribution in [3.05, 3.63) is 22.7 Å². The zero-order chi connectivity index (χ0) is 22.2. The van der Waals surface area contributed by atoms with E-state index in [0.717, 1.165) is 4.57 Å². The van der Waals surface area contributed by atoms with Crippen molar-refractivity contribution in [2.75, 3.05) is 12.3 Å². The predicted molar refractivity (Wildman–Crippen MR) is 95.8 cm³/mol. The summed E-state index contributed by atoms with van der Waals surface area (Å²) >= 11 is 5.12. The van der Waals surface area contributed by atoms with Gasteiger partial charge in [0.05, 0.1) is 12.7 Å². The minimum atomic E-state index is -5.48. The summed E-state index contributed by atoms with van der Waals surface area (Å²) in [5.74, 6) is -0.0376. The first-order chi connectivity index (χ1) is 13.1. The Kier molecular flexibility index (Phi) is 7.50. The van der Waals surface area contributed by atoms with Crippen LogP contribution in [0.2, 0.25) is 0 Å². The maximum absolute atomic E-state index is 11.8. The van der Waals surface area contributed by atoms with Crippen LogP contribution in [0.4, 0.5) is 5.82 Å². The van der Waals surface area contributed by atoms with Gasteiger partial charge in [0.15, 0.2) is 0 Å². The quantitative estimate of drug-likeness (QED) is 0.195. The summed E-state index contributed by atoms with van der Waals surface area (Å²) in [5, 5.41) is 9.98. The Morgan fingerprint density at radius 1 is 1.34 bits per heavy atom. The molecule has 0 aliphatic carbocycles. The van der Waals surface area contributed by atoms with E-state index in [4.69, 9.17) is 31.9 Å². The summed E-state index contributed by atoms with van der Waals surface area (Å²) in [5.41, 5.74) is 4.59. The number of halogens is 1. The molecule has 166 valence electrons. The lowest BCUT2D eigenvalue weighted by atomic mass is 10.2. The topological polar surface area (TPSA) is 241 Å². The molecular weight excluding hydrogens is 482 g/mol. The largest absolute Gasteiger partial charge is 0.479 e. The highest BCUT2D eigenvalue weighted by Gasteiger charge is 2.49. The molecular formula is C10H17ClN3O12P3. The van der Waals surface area contributed by atoms with Gasteiger partial charge in [-0.05, 0) is 6.07 Å². The molecule has 1 aliphatic heterocycles. The average molecular weight is 500 g/mol. The number of hydrogen-bond acceptors (Lipinski definition) is 10. The van der Waals surface area contributed by atoms with Gasteiger partial charge in [0.1, 0.15) is 18.1 Å². The Morgan fingerprint density at radius 2 is 1.97 bits per heavy atom. The van der Waals surface area contributed by atoms with E-state index in [1.54, 1.807) is 0 Å². The number of aromatic nitrogens is 2. The standard InChI is InChI=1S/C10H17ClN3O12P3/c11-9(27(17,18)19)28(20,21)26-29(22,23)24-4-6-5(15)3-8(25-6)14-2-1-7(12)13-10(14)16/h1-2,5-6,8-9,15H,3-4H2,(H,20,21)(H,22,23)(H2,12,13,16)(H2,17,18,19)/t5-,6+,8+,9+/m0/s1. The van der Waals surface area contributed by atoms with Crippen LogP contribution in [0, 0.1) is 0 Å². The first-order valence-electron chi connectivity index (χ1n) is 7.51. The molecule has 0 spiro atoms. The molecule has 0 bridgehead atoms. The second-order valence-electron chi connectivity index (χ2n) is 5.78. The lowest BCUT2D eigenvalue weighted by molar-refractivity contribution is -0.0447. The van der Waals surface area contributed by atoms with Crippen LogP contribution in [0.3, 0.4) is 0 Å². The summed E-state index contributed by atoms with van der Waals surface area (Å²) in [4.78, 5) is 49.0. The van der Waals surface area contributed by atoms with Crippen LogP contribution in [0.1, 0.15) is 12.6 Å². The van der Waals surface area contributed by atoms with Crippen molar-refractivity contribution < 1.29 is 51.9 Å². The molecule has 2 rings (SSSR count). The number of aliphatic hydroxyl groups is 1. The third-order valence-electron chi connectivity index (χ3n) is 3.53. The van der Waals surface area contributed by atoms with E-state index in [-0.39, 0.29) is 12.2 Å². The van der Waals surface area contributed by atoms with Crippen LogP contribution in [0.5, 0.6) is 0 Å². The number of anilines is 1. The first-order valence-corrected chi connectivity index (χ1v) is 12.8. The van der Waals surface area contributed by atoms with Gasteiger partial charge in [-0.15, -0.1) is 0 Å². The van der Waals surface area contributed by atoms with Gasteiger partial charge in [0.25, 0.3) is 0 Å². The van der Waals surface area contributed by atoms with Crippen LogP contribution in [-0.4, -0.2) is 57.9 Å². The van der Waals surface area contributed by atoms with Gasteiger partial charge in [-0.2, -0.15) is 4.98 Å². The van der Waals surface area contributed by atoms with Crippen molar-refractivity contribution in [2.24, 2.45) is 0 Å². The Hall–Kier alpha value is -0.660. The van der Waals surface area contributed by atoms with Crippen molar-refractivity contribution in [3.8, 4) is 0 Å². The zero-order valence-electron chi connectivity index (χ0n) is 14.2. The summed E-state index contributed by atoms with van der Waals surface area (Å²) in [6.07, 6.45) is -2.42. The highest BCUT2D eigenvalue weighted by atomic mass is 35.5. The molecule has 1 aliphatic rings. The fourth-order valence-electron chi connectivity index (χ4n) is 2.25. The van der Waals surface area contributed by atoms with Gasteiger partial charge in [0, 0.05) is 12.6 Å². The minimum absolute atomic E-state index is 0.0376. The molecule has 1 saturated heterocycles. The lowest BCUT2D eigenvalue weighted by Gasteiger charge is -2.22. The summed E-state index contributed by atoms with van der Waals surface area (Å²) < 4.78 is 49.2. The SMILES string of the molecule is Nc1ccn([C@H]2C[C@H](O)[C@@H](COP(=O)(O)OP(=O)(O)[C@H](Cl)P(=O)(O)O)O2)c(=O)n1. The minimum Gasteiger partial charge on any atom is -0.390 e. The summed E-state index contributed by atoms with van der Waals surface area (Å²) in [7, 11) is -16.2. The number of phosphoric ester groups is 1. The first kappa shape index (κ1) is 24.6. The second kappa shape index (κ2) is 8.83. The van der Waals surface area contributed by atoms with Gasteiger partial charge in [0.2, 0.25) is 4.86 Å². The third kappa shape index (κ3) is 6.41. The normalized spacial score (nSPS) is 27.9. The Morgan fingerprint density at radius 3 is 2.52 bits per heavy atom. The van der Waals surface area contributed by atoms with E-state index in [2.05, 4.69) is 13.8 Å². The fraction of sp³-hybridized carbons (Fsp3) is 0.600. The molecule has 29 heavy (non-hydrogen) atoms. The van der Waals surface area contributed by atoms with Crippen molar-refractivity contribution >= 4 is 40.4 Å². The molecule has 0 aromatic carbocycles. The van der Waals surface area contributed by atoms with Gasteiger partial charge >= 0.3 is 28.7 Å². The van der Waals surface area contributed by atoms with Crippen LogP contribution in [0.25, 0.3) is 0 Å². The summed E-state index contributed by atoms with van der Waals surface area (Å²) in [6.45, 7) is -0.842. The lowest BCUT2D eigenvalue weighted by Crippen LogP contribution is -2.28. The molecule has 0 amide bonds. The van der Waals surface area contributed by atoms with Crippen LogP contribution in [0.15, 0.2) is 17.1 Å². The highest BCUT2D eigenvalue weighted by Crippen LogP contribution is 2.71. The summed E-state index contributed by atoms with van der Waals surface area (Å²) in [6, 6.07) is 1.30. The average Bonchev–Trinajstić information content (AvgIpc) is 2.91. The van der Waals surface area contributed by atoms with Gasteiger partial charge < -0.3 is 35.2 Å². The molecule has 6 atom stereocenters. The number of alkyl halides is 1. The maximum atomic E-state index is 11.8. The monoisotopic (exact) mass is 499 g/mol. The second-order valence-corrected chi connectivity index (χ2v) is 12.4. The number of aliphatic hydroxyl groups excluding tert-OH is 1. The van der Waals surface area contributed by atoms with Crippen molar-refractivity contribution in [3.63, 3.8) is 0 Å². The Balaban J connectivity index is 2.01. The smallest absolute Gasteiger partial charge is 0.390 e. The van der Waals surface area contributed by atoms with Crippen LogP contribution in [-0.2, 0) is 27.3 Å². The number of nitrogens with two attached hydrogens (primary N) is 1. The van der Waals surface area contributed by atoms with Crippen molar-refractivity contribution in [1.82, 2.24) is 9.55 Å². The van der Waals surface area contributed by atoms with Gasteiger partial charge in [-0.3, -0.25) is 18.2 Å². The predicted octanol–water partition coefficient (Wildman–Crippen LogP) is -0.507. The van der Waals surface area contributed by atoms with Crippen molar-refractivity contribution in [1.29, 1.82) is 0 Å². The van der Waals surface area contributed by atoms with E-state index in [0.29, 0.717) is 0 Å². The van der Waals surface area contributed by atoms with Gasteiger partial charge in [-0.1, -0.05) is 11.6 Å². The number of rotatable bonds is 8. The third-order valence-corrected chi connectivity index (χ3v) is 10.1. The Bertz CT molecular complexity index is 951. The molecule has 2 heterocycles. The zero-order valence-corrected chi connectivity index (χ0v) is 17.6. The highest BCUT2D eigenvalue weighted by molar-refractivity contribution is 7.77. The fourth-order valence-corrected chi connectivity index (χ4v) is 6.49. The molecule has 1 aromatic heterocycles. The van der Waals surface area contributed by atoms with Crippen LogP contribution < -0.4 is 11.4 Å². The molecule has 0 radical (unpaired) electrons. The number of nitrogens with zero attached hydrogens (tertiary/aromatic N) is 2. The van der Waals surface area contributed by atoms with E-state index in [1.165, 1.54) is 12.3 Å². The number of phosphoric acid groups is 1. The van der Waals surface area contributed by atoms with Gasteiger partial charge in [-0.25, -0.2) is 13.7 Å². The number of nitrogen functional groups attached to an aromatic ring is 1. The Labute approximate surface area is 167 Å². The number of ether oxygens (including phenoxy) is 1. The van der Waals surface area contributed by atoms with E-state index in [9.17, 15) is 33.4 Å². The molecule has 7 N–H and O–H groups in total. The molecule has 1 aromatic rings. The molecule has 15 nitrogen and oxygen atoms in total. The molecule has 19 heteroatoms. The molecule has 2 unspecified atom stereocenters. The van der Waals surface area contributed by atoms with Crippen molar-refractivity contribution in [2.45, 2.75) is 29.7 Å². The van der Waals surface area contributed by atoms with E-state index in [1.807, 2.05) is 0 Å². The van der Waals surface area contributed by atoms with Crippen LogP contribution >= 0.6 is 34.6 Å². The van der Waals surface area contributed by atoms with E-state index < -0.39 is 58.6 Å². The van der Waals surface area contributed by atoms with E-state index >= 15 is 0 Å². The number of hydrogen-bond donors (Lipinski definition) is 6. The molecule has 0 saturated carbocycles.